The van der Waals surface area contributed by atoms with Crippen molar-refractivity contribution in [2.24, 2.45) is 0 Å². The Morgan fingerprint density at radius 2 is 1.71 bits per heavy atom. The average Bonchev–Trinajstić information content (AvgIpc) is 3.01. The lowest BCUT2D eigenvalue weighted by Gasteiger charge is -2.41. The molecular formula is C26H42N6O3. The zero-order chi connectivity index (χ0) is 24.8. The molecular weight excluding hydrogens is 444 g/mol. The summed E-state index contributed by atoms with van der Waals surface area (Å²) in [6, 6.07) is 1.70. The number of nitrogens with one attached hydrogen (secondary N) is 2. The van der Waals surface area contributed by atoms with Gasteiger partial charge in [-0.2, -0.15) is 5.10 Å². The maximum atomic E-state index is 13.3. The molecule has 3 heterocycles. The van der Waals surface area contributed by atoms with Crippen molar-refractivity contribution in [1.29, 1.82) is 0 Å². The molecule has 0 aromatic carbocycles. The Bertz CT molecular complexity index is 899. The molecule has 1 saturated heterocycles. The van der Waals surface area contributed by atoms with E-state index in [4.69, 9.17) is 0 Å². The number of fused-ring (bicyclic) bond motifs is 1. The fraction of sp³-hybridized carbons (Fsp3) is 0.769. The van der Waals surface area contributed by atoms with Crippen LogP contribution in [0.4, 0.5) is 0 Å². The number of hydrogen-bond acceptors (Lipinski definition) is 5. The van der Waals surface area contributed by atoms with Crippen molar-refractivity contribution in [3.8, 4) is 0 Å². The smallest absolute Gasteiger partial charge is 0.272 e. The van der Waals surface area contributed by atoms with E-state index in [1.807, 2.05) is 0 Å². The molecule has 3 amide bonds. The van der Waals surface area contributed by atoms with Gasteiger partial charge >= 0.3 is 0 Å². The molecule has 1 aromatic heterocycles. The quantitative estimate of drug-likeness (QED) is 0.456. The maximum absolute atomic E-state index is 13.3. The van der Waals surface area contributed by atoms with Crippen molar-refractivity contribution in [3.05, 3.63) is 17.5 Å². The molecule has 0 bridgehead atoms. The molecule has 2 N–H and O–H groups in total. The molecule has 2 aliphatic heterocycles. The highest BCUT2D eigenvalue weighted by Crippen LogP contribution is 2.27. The first-order valence-corrected chi connectivity index (χ1v) is 13.6. The number of hydrogen-bond donors (Lipinski definition) is 2. The van der Waals surface area contributed by atoms with E-state index in [-0.39, 0.29) is 36.0 Å². The SMILES string of the molecule is CN1C(=O)c2cc(C(=O)NCCCN3CCCCCC3)nn2C[C@]1(C)C(=O)NC1CCCCCC1. The van der Waals surface area contributed by atoms with E-state index in [0.29, 0.717) is 12.2 Å². The van der Waals surface area contributed by atoms with Crippen LogP contribution in [0.1, 0.15) is 98.5 Å². The molecule has 0 spiro atoms. The van der Waals surface area contributed by atoms with Gasteiger partial charge in [-0.15, -0.1) is 0 Å². The zero-order valence-corrected chi connectivity index (χ0v) is 21.5. The Hall–Kier alpha value is -2.42. The predicted octanol–water partition coefficient (Wildman–Crippen LogP) is 2.56. The molecule has 1 saturated carbocycles. The molecule has 0 unspecified atom stereocenters. The summed E-state index contributed by atoms with van der Waals surface area (Å²) in [5.74, 6) is -0.716. The Morgan fingerprint density at radius 3 is 2.40 bits per heavy atom. The van der Waals surface area contributed by atoms with E-state index in [1.54, 1.807) is 20.0 Å². The summed E-state index contributed by atoms with van der Waals surface area (Å²) in [6.07, 6.45) is 12.7. The van der Waals surface area contributed by atoms with Crippen LogP contribution in [0.2, 0.25) is 0 Å². The molecule has 2 fully saturated rings. The first-order chi connectivity index (χ1) is 16.9. The van der Waals surface area contributed by atoms with E-state index < -0.39 is 5.54 Å². The molecule has 0 radical (unpaired) electrons. The first kappa shape index (κ1) is 25.7. The van der Waals surface area contributed by atoms with E-state index in [0.717, 1.165) is 51.7 Å². The number of likely N-dealkylation sites (N-methyl/N-ethyl adjacent to an activating group) is 1. The lowest BCUT2D eigenvalue weighted by Crippen LogP contribution is -2.63. The van der Waals surface area contributed by atoms with E-state index in [1.165, 1.54) is 48.1 Å². The van der Waals surface area contributed by atoms with Crippen molar-refractivity contribution >= 4 is 17.7 Å². The summed E-state index contributed by atoms with van der Waals surface area (Å²) < 4.78 is 1.53. The first-order valence-electron chi connectivity index (χ1n) is 13.6. The van der Waals surface area contributed by atoms with Gasteiger partial charge in [0.2, 0.25) is 5.91 Å². The zero-order valence-electron chi connectivity index (χ0n) is 21.5. The van der Waals surface area contributed by atoms with Crippen LogP contribution >= 0.6 is 0 Å². The number of nitrogens with zero attached hydrogens (tertiary/aromatic N) is 4. The number of carbonyl (C=O) groups is 3. The number of rotatable bonds is 7. The normalized spacial score (nSPS) is 24.4. The van der Waals surface area contributed by atoms with Gasteiger partial charge in [0, 0.05) is 25.7 Å². The van der Waals surface area contributed by atoms with Gasteiger partial charge in [0.25, 0.3) is 11.8 Å². The fourth-order valence-electron chi connectivity index (χ4n) is 5.56. The average molecular weight is 487 g/mol. The third-order valence-electron chi connectivity index (χ3n) is 8.05. The van der Waals surface area contributed by atoms with Crippen LogP contribution in [0.5, 0.6) is 0 Å². The Balaban J connectivity index is 1.34. The molecule has 1 aliphatic carbocycles. The lowest BCUT2D eigenvalue weighted by atomic mass is 9.95. The molecule has 1 aromatic rings. The van der Waals surface area contributed by atoms with Gasteiger partial charge in [0.05, 0.1) is 6.54 Å². The van der Waals surface area contributed by atoms with Crippen LogP contribution in [0.25, 0.3) is 0 Å². The van der Waals surface area contributed by atoms with Gasteiger partial charge in [-0.05, 0) is 58.7 Å². The van der Waals surface area contributed by atoms with Gasteiger partial charge in [-0.1, -0.05) is 38.5 Å². The lowest BCUT2D eigenvalue weighted by molar-refractivity contribution is -0.133. The minimum Gasteiger partial charge on any atom is -0.351 e. The maximum Gasteiger partial charge on any atom is 0.272 e. The van der Waals surface area contributed by atoms with Gasteiger partial charge in [0.15, 0.2) is 5.69 Å². The van der Waals surface area contributed by atoms with Gasteiger partial charge < -0.3 is 20.4 Å². The second kappa shape index (κ2) is 11.5. The Kier molecular flexibility index (Phi) is 8.46. The van der Waals surface area contributed by atoms with Gasteiger partial charge in [0.1, 0.15) is 11.2 Å². The highest BCUT2D eigenvalue weighted by molar-refractivity contribution is 6.01. The molecule has 9 nitrogen and oxygen atoms in total. The van der Waals surface area contributed by atoms with Crippen molar-refractivity contribution in [3.63, 3.8) is 0 Å². The van der Waals surface area contributed by atoms with Crippen molar-refractivity contribution < 1.29 is 14.4 Å². The third-order valence-corrected chi connectivity index (χ3v) is 8.05. The number of likely N-dealkylation sites (tertiary alicyclic amines) is 1. The largest absolute Gasteiger partial charge is 0.351 e. The Labute approximate surface area is 209 Å². The van der Waals surface area contributed by atoms with Crippen molar-refractivity contribution in [1.82, 2.24) is 30.2 Å². The summed E-state index contributed by atoms with van der Waals surface area (Å²) in [6.45, 7) is 5.86. The van der Waals surface area contributed by atoms with E-state index in [9.17, 15) is 14.4 Å². The van der Waals surface area contributed by atoms with Crippen molar-refractivity contribution in [2.75, 3.05) is 33.2 Å². The van der Waals surface area contributed by atoms with Crippen LogP contribution in [0, 0.1) is 0 Å². The highest BCUT2D eigenvalue weighted by atomic mass is 16.2. The monoisotopic (exact) mass is 486 g/mol. The number of carbonyl (C=O) groups excluding carboxylic acids is 3. The second-order valence-corrected chi connectivity index (χ2v) is 10.7. The van der Waals surface area contributed by atoms with E-state index in [2.05, 4.69) is 20.6 Å². The minimum absolute atomic E-state index is 0.152. The standard InChI is InChI=1S/C26H42N6O3/c1-26(25(35)28-20-12-7-3-4-8-13-20)19-32-22(24(34)30(26)2)18-21(29-32)23(33)27-14-11-17-31-15-9-5-6-10-16-31/h18,20H,3-17,19H2,1-2H3,(H,27,33)(H,28,35)/t26-/m1/s1. The van der Waals surface area contributed by atoms with Crippen molar-refractivity contribution in [2.45, 2.75) is 95.7 Å². The number of aromatic nitrogens is 2. The molecule has 9 heteroatoms. The minimum atomic E-state index is -1.05. The van der Waals surface area contributed by atoms with Crippen LogP contribution in [-0.2, 0) is 11.3 Å². The Morgan fingerprint density at radius 1 is 1.06 bits per heavy atom. The van der Waals surface area contributed by atoms with Gasteiger partial charge in [-0.3, -0.25) is 19.1 Å². The third kappa shape index (κ3) is 6.05. The summed E-state index contributed by atoms with van der Waals surface area (Å²) in [5.41, 5.74) is -0.476. The molecule has 35 heavy (non-hydrogen) atoms. The topological polar surface area (TPSA) is 99.6 Å². The van der Waals surface area contributed by atoms with Crippen LogP contribution in [0.3, 0.4) is 0 Å². The van der Waals surface area contributed by atoms with E-state index >= 15 is 0 Å². The highest BCUT2D eigenvalue weighted by Gasteiger charge is 2.46. The predicted molar refractivity (Wildman–Crippen MR) is 134 cm³/mol. The van der Waals surface area contributed by atoms with Crippen LogP contribution in [0.15, 0.2) is 6.07 Å². The summed E-state index contributed by atoms with van der Waals surface area (Å²) in [7, 11) is 1.66. The molecule has 194 valence electrons. The van der Waals surface area contributed by atoms with Crippen LogP contribution in [-0.4, -0.2) is 82.1 Å². The summed E-state index contributed by atoms with van der Waals surface area (Å²) >= 11 is 0. The van der Waals surface area contributed by atoms with Crippen LogP contribution < -0.4 is 10.6 Å². The fourth-order valence-corrected chi connectivity index (χ4v) is 5.56. The van der Waals surface area contributed by atoms with Gasteiger partial charge in [-0.25, -0.2) is 0 Å². The number of amides is 3. The summed E-state index contributed by atoms with van der Waals surface area (Å²) in [5, 5.41) is 10.6. The molecule has 1 atom stereocenters. The molecule has 3 aliphatic rings. The molecule has 4 rings (SSSR count). The second-order valence-electron chi connectivity index (χ2n) is 10.7. The summed E-state index contributed by atoms with van der Waals surface area (Å²) in [4.78, 5) is 43.2.